The molecular weight excluding hydrogens is 300 g/mol. The molecule has 0 saturated heterocycles. The Hall–Kier alpha value is -2.12. The third-order valence-electron chi connectivity index (χ3n) is 2.99. The van der Waals surface area contributed by atoms with Gasteiger partial charge in [0.25, 0.3) is 0 Å². The van der Waals surface area contributed by atoms with Crippen molar-refractivity contribution in [2.75, 3.05) is 27.7 Å². The zero-order chi connectivity index (χ0) is 17.6. The van der Waals surface area contributed by atoms with Gasteiger partial charge in [-0.25, -0.2) is 4.79 Å². The summed E-state index contributed by atoms with van der Waals surface area (Å²) in [6, 6.07) is 4.62. The van der Waals surface area contributed by atoms with Crippen molar-refractivity contribution in [1.82, 2.24) is 10.2 Å². The lowest BCUT2D eigenvalue weighted by molar-refractivity contribution is -0.137. The summed E-state index contributed by atoms with van der Waals surface area (Å²) in [5.74, 6) is -0.560. The molecule has 0 radical (unpaired) electrons. The number of carbonyl (C=O) groups excluding carboxylic acids is 2. The largest absolute Gasteiger partial charge is 0.422 e. The molecule has 0 aromatic heterocycles. The van der Waals surface area contributed by atoms with Gasteiger partial charge in [-0.15, -0.1) is 0 Å². The standard InChI is InChI=1S/C16H24N2O5/c1-10(2)15(20)22-14-8-11(12(19)9-17-3)6-7-13(14)23-16(21)18(4)5/h6-8,10,12,17,19H,9H2,1-5H3. The van der Waals surface area contributed by atoms with Crippen molar-refractivity contribution in [2.45, 2.75) is 20.0 Å². The normalized spacial score (nSPS) is 12.0. The third kappa shape index (κ3) is 5.54. The average molecular weight is 324 g/mol. The van der Waals surface area contributed by atoms with E-state index in [1.54, 1.807) is 41.1 Å². The molecule has 2 N–H and O–H groups in total. The number of likely N-dealkylation sites (N-methyl/N-ethyl adjacent to an activating group) is 1. The van der Waals surface area contributed by atoms with Crippen LogP contribution in [-0.4, -0.2) is 49.8 Å². The third-order valence-corrected chi connectivity index (χ3v) is 2.99. The Morgan fingerprint density at radius 2 is 1.87 bits per heavy atom. The number of hydrogen-bond donors (Lipinski definition) is 2. The minimum Gasteiger partial charge on any atom is -0.422 e. The van der Waals surface area contributed by atoms with Gasteiger partial charge in [-0.1, -0.05) is 19.9 Å². The van der Waals surface area contributed by atoms with Crippen LogP contribution >= 0.6 is 0 Å². The molecule has 1 amide bonds. The Labute approximate surface area is 136 Å². The first kappa shape index (κ1) is 18.9. The Morgan fingerprint density at radius 3 is 2.39 bits per heavy atom. The number of aliphatic hydroxyl groups excluding tert-OH is 1. The summed E-state index contributed by atoms with van der Waals surface area (Å²) in [6.45, 7) is 3.75. The molecular formula is C16H24N2O5. The Bertz CT molecular complexity index is 557. The SMILES string of the molecule is CNCC(O)c1ccc(OC(=O)N(C)C)c(OC(=O)C(C)C)c1. The predicted octanol–water partition coefficient (Wildman–Crippen LogP) is 1.56. The minimum atomic E-state index is -0.768. The van der Waals surface area contributed by atoms with Gasteiger partial charge < -0.3 is 24.8 Å². The molecule has 0 fully saturated rings. The van der Waals surface area contributed by atoms with E-state index in [1.807, 2.05) is 0 Å². The van der Waals surface area contributed by atoms with Crippen molar-refractivity contribution in [1.29, 1.82) is 0 Å². The van der Waals surface area contributed by atoms with E-state index in [1.165, 1.54) is 17.0 Å². The Kier molecular flexibility index (Phi) is 6.99. The molecule has 1 aromatic rings. The van der Waals surface area contributed by atoms with E-state index in [0.29, 0.717) is 12.1 Å². The molecule has 7 nitrogen and oxygen atoms in total. The van der Waals surface area contributed by atoms with Crippen LogP contribution in [0.1, 0.15) is 25.5 Å². The fourth-order valence-electron chi connectivity index (χ4n) is 1.62. The number of ether oxygens (including phenoxy) is 2. The molecule has 0 saturated carbocycles. The molecule has 0 aliphatic heterocycles. The summed E-state index contributed by atoms with van der Waals surface area (Å²) in [7, 11) is 4.82. The van der Waals surface area contributed by atoms with Gasteiger partial charge >= 0.3 is 12.1 Å². The summed E-state index contributed by atoms with van der Waals surface area (Å²) in [6.07, 6.45) is -1.36. The predicted molar refractivity (Wildman–Crippen MR) is 85.5 cm³/mol. The highest BCUT2D eigenvalue weighted by Crippen LogP contribution is 2.31. The van der Waals surface area contributed by atoms with Crippen molar-refractivity contribution >= 4 is 12.1 Å². The Morgan fingerprint density at radius 1 is 1.22 bits per heavy atom. The summed E-state index contributed by atoms with van der Waals surface area (Å²) in [5, 5.41) is 12.9. The highest BCUT2D eigenvalue weighted by molar-refractivity contribution is 5.76. The van der Waals surface area contributed by atoms with Crippen LogP contribution in [0.5, 0.6) is 11.5 Å². The lowest BCUT2D eigenvalue weighted by Gasteiger charge is -2.17. The van der Waals surface area contributed by atoms with Crippen LogP contribution < -0.4 is 14.8 Å². The van der Waals surface area contributed by atoms with Crippen molar-refractivity contribution < 1.29 is 24.2 Å². The van der Waals surface area contributed by atoms with Gasteiger partial charge in [0.05, 0.1) is 12.0 Å². The number of nitrogens with one attached hydrogen (secondary N) is 1. The zero-order valence-corrected chi connectivity index (χ0v) is 14.1. The Balaban J connectivity index is 3.12. The first-order valence-corrected chi connectivity index (χ1v) is 7.33. The molecule has 1 rings (SSSR count). The van der Waals surface area contributed by atoms with Gasteiger partial charge in [-0.05, 0) is 24.7 Å². The van der Waals surface area contributed by atoms with Gasteiger partial charge in [0.15, 0.2) is 11.5 Å². The van der Waals surface area contributed by atoms with Crippen molar-refractivity contribution in [3.63, 3.8) is 0 Å². The first-order chi connectivity index (χ1) is 10.8. The van der Waals surface area contributed by atoms with E-state index in [-0.39, 0.29) is 17.4 Å². The highest BCUT2D eigenvalue weighted by Gasteiger charge is 2.19. The van der Waals surface area contributed by atoms with Gasteiger partial charge in [0.2, 0.25) is 0 Å². The fourth-order valence-corrected chi connectivity index (χ4v) is 1.62. The van der Waals surface area contributed by atoms with Gasteiger partial charge in [0, 0.05) is 20.6 Å². The zero-order valence-electron chi connectivity index (χ0n) is 14.1. The lowest BCUT2D eigenvalue weighted by Crippen LogP contribution is -2.26. The second-order valence-corrected chi connectivity index (χ2v) is 5.62. The number of benzene rings is 1. The van der Waals surface area contributed by atoms with E-state index < -0.39 is 18.2 Å². The maximum atomic E-state index is 11.8. The second-order valence-electron chi connectivity index (χ2n) is 5.62. The van der Waals surface area contributed by atoms with Crippen molar-refractivity contribution in [3.8, 4) is 11.5 Å². The fraction of sp³-hybridized carbons (Fsp3) is 0.500. The number of aliphatic hydroxyl groups is 1. The monoisotopic (exact) mass is 324 g/mol. The van der Waals surface area contributed by atoms with Crippen LogP contribution in [0.15, 0.2) is 18.2 Å². The highest BCUT2D eigenvalue weighted by atomic mass is 16.6. The van der Waals surface area contributed by atoms with E-state index in [0.717, 1.165) is 0 Å². The van der Waals surface area contributed by atoms with Crippen LogP contribution in [0.3, 0.4) is 0 Å². The van der Waals surface area contributed by atoms with E-state index in [9.17, 15) is 14.7 Å². The second kappa shape index (κ2) is 8.50. The van der Waals surface area contributed by atoms with Gasteiger partial charge in [0.1, 0.15) is 0 Å². The van der Waals surface area contributed by atoms with Gasteiger partial charge in [-0.2, -0.15) is 0 Å². The first-order valence-electron chi connectivity index (χ1n) is 7.33. The van der Waals surface area contributed by atoms with E-state index >= 15 is 0 Å². The smallest absolute Gasteiger partial charge is 0.414 e. The van der Waals surface area contributed by atoms with E-state index in [2.05, 4.69) is 5.32 Å². The molecule has 0 spiro atoms. The number of carbonyl (C=O) groups is 2. The molecule has 0 aliphatic carbocycles. The minimum absolute atomic E-state index is 0.103. The van der Waals surface area contributed by atoms with Crippen LogP contribution in [0, 0.1) is 5.92 Å². The molecule has 1 atom stereocenters. The van der Waals surface area contributed by atoms with Crippen molar-refractivity contribution in [3.05, 3.63) is 23.8 Å². The lowest BCUT2D eigenvalue weighted by atomic mass is 10.1. The van der Waals surface area contributed by atoms with E-state index in [4.69, 9.17) is 9.47 Å². The number of amides is 1. The average Bonchev–Trinajstić information content (AvgIpc) is 2.48. The van der Waals surface area contributed by atoms with Crippen LogP contribution in [0.2, 0.25) is 0 Å². The molecule has 1 aromatic carbocycles. The molecule has 0 heterocycles. The molecule has 23 heavy (non-hydrogen) atoms. The van der Waals surface area contributed by atoms with Crippen molar-refractivity contribution in [2.24, 2.45) is 5.92 Å². The summed E-state index contributed by atoms with van der Waals surface area (Å²) < 4.78 is 10.5. The van der Waals surface area contributed by atoms with Crippen LogP contribution in [-0.2, 0) is 4.79 Å². The van der Waals surface area contributed by atoms with Gasteiger partial charge in [-0.3, -0.25) is 4.79 Å². The molecule has 0 bridgehead atoms. The number of hydrogen-bond acceptors (Lipinski definition) is 6. The number of nitrogens with zero attached hydrogens (tertiary/aromatic N) is 1. The quantitative estimate of drug-likeness (QED) is 0.610. The molecule has 0 aliphatic rings. The summed E-state index contributed by atoms with van der Waals surface area (Å²) in [4.78, 5) is 24.8. The molecule has 1 unspecified atom stereocenters. The summed E-state index contributed by atoms with van der Waals surface area (Å²) >= 11 is 0. The van der Waals surface area contributed by atoms with Crippen LogP contribution in [0.25, 0.3) is 0 Å². The summed E-state index contributed by atoms with van der Waals surface area (Å²) in [5.41, 5.74) is 0.551. The number of rotatable bonds is 6. The topological polar surface area (TPSA) is 88.1 Å². The number of esters is 1. The maximum Gasteiger partial charge on any atom is 0.414 e. The molecule has 7 heteroatoms. The maximum absolute atomic E-state index is 11.8. The molecule has 128 valence electrons. The van der Waals surface area contributed by atoms with Crippen LogP contribution in [0.4, 0.5) is 4.79 Å².